The number of aryl methyl sites for hydroxylation is 1. The van der Waals surface area contributed by atoms with E-state index < -0.39 is 0 Å². The van der Waals surface area contributed by atoms with Crippen molar-refractivity contribution in [1.29, 1.82) is 0 Å². The molecule has 0 radical (unpaired) electrons. The van der Waals surface area contributed by atoms with E-state index in [4.69, 9.17) is 0 Å². The standard InChI is InChI=1S/C22H28FN3O2/c1-14(2)22(28)25(4)20-12-24-21(26-9-5-6-17(26)13-27)11-19(20)18-8-7-16(23)10-15(18)3/h7-8,10-12,14,17,27H,5-6,9,13H2,1-4H3. The van der Waals surface area contributed by atoms with Crippen molar-refractivity contribution in [1.82, 2.24) is 4.98 Å². The van der Waals surface area contributed by atoms with Crippen molar-refractivity contribution in [2.75, 3.05) is 30.0 Å². The number of aliphatic hydroxyl groups is 1. The molecule has 1 amide bonds. The van der Waals surface area contributed by atoms with Crippen molar-refractivity contribution < 1.29 is 14.3 Å². The van der Waals surface area contributed by atoms with E-state index in [2.05, 4.69) is 9.88 Å². The van der Waals surface area contributed by atoms with Crippen LogP contribution in [0.4, 0.5) is 15.9 Å². The number of anilines is 2. The van der Waals surface area contributed by atoms with Crippen LogP contribution in [0.15, 0.2) is 30.5 Å². The predicted molar refractivity (Wildman–Crippen MR) is 110 cm³/mol. The van der Waals surface area contributed by atoms with Gasteiger partial charge in [-0.25, -0.2) is 9.37 Å². The quantitative estimate of drug-likeness (QED) is 0.851. The smallest absolute Gasteiger partial charge is 0.229 e. The average Bonchev–Trinajstić information content (AvgIpc) is 3.15. The van der Waals surface area contributed by atoms with Crippen molar-refractivity contribution in [3.63, 3.8) is 0 Å². The molecule has 3 rings (SSSR count). The van der Waals surface area contributed by atoms with Crippen LogP contribution in [0, 0.1) is 18.7 Å². The summed E-state index contributed by atoms with van der Waals surface area (Å²) in [5, 5.41) is 9.67. The van der Waals surface area contributed by atoms with Crippen LogP contribution in [0.2, 0.25) is 0 Å². The predicted octanol–water partition coefficient (Wildman–Crippen LogP) is 3.78. The highest BCUT2D eigenvalue weighted by molar-refractivity contribution is 5.98. The number of aliphatic hydroxyl groups excluding tert-OH is 1. The first-order chi connectivity index (χ1) is 13.3. The molecule has 0 aliphatic carbocycles. The summed E-state index contributed by atoms with van der Waals surface area (Å²) in [6, 6.07) is 6.68. The van der Waals surface area contributed by atoms with Gasteiger partial charge in [0, 0.05) is 25.1 Å². The van der Waals surface area contributed by atoms with Gasteiger partial charge in [0.25, 0.3) is 0 Å². The molecular weight excluding hydrogens is 357 g/mol. The minimum absolute atomic E-state index is 0.00929. The Hall–Kier alpha value is -2.47. The minimum Gasteiger partial charge on any atom is -0.394 e. The monoisotopic (exact) mass is 385 g/mol. The number of amides is 1. The third-order valence-electron chi connectivity index (χ3n) is 5.42. The summed E-state index contributed by atoms with van der Waals surface area (Å²) in [7, 11) is 1.74. The Balaban J connectivity index is 2.13. The van der Waals surface area contributed by atoms with Crippen LogP contribution < -0.4 is 9.80 Å². The highest BCUT2D eigenvalue weighted by Gasteiger charge is 2.27. The van der Waals surface area contributed by atoms with Gasteiger partial charge in [-0.15, -0.1) is 0 Å². The maximum Gasteiger partial charge on any atom is 0.229 e. The van der Waals surface area contributed by atoms with E-state index >= 15 is 0 Å². The molecule has 1 unspecified atom stereocenters. The van der Waals surface area contributed by atoms with Crippen LogP contribution in [0.5, 0.6) is 0 Å². The maximum atomic E-state index is 13.7. The van der Waals surface area contributed by atoms with Crippen LogP contribution in [-0.4, -0.2) is 42.2 Å². The van der Waals surface area contributed by atoms with Crippen LogP contribution in [0.1, 0.15) is 32.3 Å². The molecule has 1 N–H and O–H groups in total. The molecule has 150 valence electrons. The summed E-state index contributed by atoms with van der Waals surface area (Å²) in [5.41, 5.74) is 3.19. The molecule has 28 heavy (non-hydrogen) atoms. The summed E-state index contributed by atoms with van der Waals surface area (Å²) < 4.78 is 13.7. The van der Waals surface area contributed by atoms with Crippen molar-refractivity contribution in [2.45, 2.75) is 39.7 Å². The van der Waals surface area contributed by atoms with Gasteiger partial charge >= 0.3 is 0 Å². The molecule has 1 aromatic carbocycles. The molecule has 0 bridgehead atoms. The number of aromatic nitrogens is 1. The first-order valence-electron chi connectivity index (χ1n) is 9.75. The van der Waals surface area contributed by atoms with Crippen molar-refractivity contribution in [3.05, 3.63) is 41.8 Å². The zero-order valence-corrected chi connectivity index (χ0v) is 16.9. The molecular formula is C22H28FN3O2. The number of benzene rings is 1. The number of carbonyl (C=O) groups excluding carboxylic acids is 1. The van der Waals surface area contributed by atoms with Crippen molar-refractivity contribution >= 4 is 17.4 Å². The minimum atomic E-state index is -0.288. The van der Waals surface area contributed by atoms with Gasteiger partial charge in [-0.1, -0.05) is 19.9 Å². The Kier molecular flexibility index (Phi) is 5.98. The first-order valence-corrected chi connectivity index (χ1v) is 9.75. The Bertz CT molecular complexity index is 869. The fourth-order valence-electron chi connectivity index (χ4n) is 3.84. The summed E-state index contributed by atoms with van der Waals surface area (Å²) in [4.78, 5) is 20.9. The molecule has 2 aromatic rings. The normalized spacial score (nSPS) is 16.7. The Morgan fingerprint density at radius 1 is 1.36 bits per heavy atom. The van der Waals surface area contributed by atoms with E-state index in [0.29, 0.717) is 5.69 Å². The van der Waals surface area contributed by atoms with Crippen LogP contribution in [0.25, 0.3) is 11.1 Å². The lowest BCUT2D eigenvalue weighted by molar-refractivity contribution is -0.121. The summed E-state index contributed by atoms with van der Waals surface area (Å²) in [6.45, 7) is 6.50. The second kappa shape index (κ2) is 8.27. The van der Waals surface area contributed by atoms with Gasteiger partial charge in [-0.2, -0.15) is 0 Å². The summed E-state index contributed by atoms with van der Waals surface area (Å²) in [5.74, 6) is 0.321. The second-order valence-corrected chi connectivity index (χ2v) is 7.74. The molecule has 5 nitrogen and oxygen atoms in total. The lowest BCUT2D eigenvalue weighted by Crippen LogP contribution is -2.33. The number of rotatable bonds is 5. The van der Waals surface area contributed by atoms with Crippen LogP contribution in [0.3, 0.4) is 0 Å². The van der Waals surface area contributed by atoms with E-state index in [-0.39, 0.29) is 30.3 Å². The number of pyridine rings is 1. The molecule has 2 heterocycles. The second-order valence-electron chi connectivity index (χ2n) is 7.74. The first kappa shape index (κ1) is 20.3. The number of carbonyl (C=O) groups is 1. The number of halogens is 1. The zero-order valence-electron chi connectivity index (χ0n) is 16.9. The molecule has 1 saturated heterocycles. The molecule has 1 aliphatic rings. The molecule has 6 heteroatoms. The van der Waals surface area contributed by atoms with Gasteiger partial charge in [0.1, 0.15) is 11.6 Å². The van der Waals surface area contributed by atoms with E-state index in [1.54, 1.807) is 24.2 Å². The van der Waals surface area contributed by atoms with E-state index in [1.165, 1.54) is 12.1 Å². The van der Waals surface area contributed by atoms with Crippen molar-refractivity contribution in [2.24, 2.45) is 5.92 Å². The Morgan fingerprint density at radius 3 is 2.75 bits per heavy atom. The highest BCUT2D eigenvalue weighted by Crippen LogP contribution is 2.36. The van der Waals surface area contributed by atoms with Gasteiger partial charge in [-0.05, 0) is 49.1 Å². The molecule has 0 spiro atoms. The van der Waals surface area contributed by atoms with Gasteiger partial charge in [0.15, 0.2) is 0 Å². The summed E-state index contributed by atoms with van der Waals surface area (Å²) in [6.07, 6.45) is 3.64. The lowest BCUT2D eigenvalue weighted by Gasteiger charge is -2.27. The molecule has 0 saturated carbocycles. The number of hydrogen-bond acceptors (Lipinski definition) is 4. The summed E-state index contributed by atoms with van der Waals surface area (Å²) >= 11 is 0. The zero-order chi connectivity index (χ0) is 20.4. The third kappa shape index (κ3) is 3.87. The molecule has 1 fully saturated rings. The Morgan fingerprint density at radius 2 is 2.11 bits per heavy atom. The van der Waals surface area contributed by atoms with Gasteiger partial charge in [0.05, 0.1) is 24.5 Å². The van der Waals surface area contributed by atoms with E-state index in [0.717, 1.165) is 41.9 Å². The van der Waals surface area contributed by atoms with Crippen molar-refractivity contribution in [3.8, 4) is 11.1 Å². The van der Waals surface area contributed by atoms with Gasteiger partial charge in [-0.3, -0.25) is 4.79 Å². The lowest BCUT2D eigenvalue weighted by atomic mass is 9.98. The van der Waals surface area contributed by atoms with Gasteiger partial charge < -0.3 is 14.9 Å². The fourth-order valence-corrected chi connectivity index (χ4v) is 3.84. The van der Waals surface area contributed by atoms with Crippen LogP contribution >= 0.6 is 0 Å². The SMILES string of the molecule is Cc1cc(F)ccc1-c1cc(N2CCCC2CO)ncc1N(C)C(=O)C(C)C. The topological polar surface area (TPSA) is 56.7 Å². The van der Waals surface area contributed by atoms with Gasteiger partial charge in [0.2, 0.25) is 5.91 Å². The molecule has 1 aromatic heterocycles. The van der Waals surface area contributed by atoms with E-state index in [1.807, 2.05) is 26.8 Å². The maximum absolute atomic E-state index is 13.7. The van der Waals surface area contributed by atoms with E-state index in [9.17, 15) is 14.3 Å². The number of hydrogen-bond donors (Lipinski definition) is 1. The Labute approximate surface area is 165 Å². The largest absolute Gasteiger partial charge is 0.394 e. The molecule has 1 aliphatic heterocycles. The highest BCUT2D eigenvalue weighted by atomic mass is 19.1. The van der Waals surface area contributed by atoms with Crippen LogP contribution in [-0.2, 0) is 4.79 Å². The molecule has 1 atom stereocenters. The average molecular weight is 385 g/mol. The number of nitrogens with zero attached hydrogens (tertiary/aromatic N) is 3. The fraction of sp³-hybridized carbons (Fsp3) is 0.455. The third-order valence-corrected chi connectivity index (χ3v) is 5.42.